The summed E-state index contributed by atoms with van der Waals surface area (Å²) >= 11 is -1.60. The summed E-state index contributed by atoms with van der Waals surface area (Å²) in [4.78, 5) is 13.2. The molecule has 2 aromatic rings. The molecule has 2 fully saturated rings. The van der Waals surface area contributed by atoms with Gasteiger partial charge in [0.05, 0.1) is 13.2 Å². The molecule has 0 unspecified atom stereocenters. The van der Waals surface area contributed by atoms with Gasteiger partial charge in [0, 0.05) is 31.3 Å². The van der Waals surface area contributed by atoms with Crippen molar-refractivity contribution in [2.45, 2.75) is 58.8 Å². The van der Waals surface area contributed by atoms with E-state index in [2.05, 4.69) is 20.8 Å². The predicted molar refractivity (Wildman–Crippen MR) is 136 cm³/mol. The predicted octanol–water partition coefficient (Wildman–Crippen LogP) is 4.99. The molecule has 0 bridgehead atoms. The third-order valence-electron chi connectivity index (χ3n) is 6.68. The monoisotopic (exact) mass is 517 g/mol. The second-order valence-corrected chi connectivity index (χ2v) is 11.4. The fourth-order valence-electron chi connectivity index (χ4n) is 4.67. The highest BCUT2D eigenvalue weighted by atomic mass is 32.2. The number of likely N-dealkylation sites (tertiary alicyclic amines) is 1. The molecule has 1 amide bonds. The van der Waals surface area contributed by atoms with E-state index in [0.717, 1.165) is 29.0 Å². The van der Waals surface area contributed by atoms with E-state index < -0.39 is 17.5 Å². The summed E-state index contributed by atoms with van der Waals surface area (Å²) in [6.45, 7) is 8.01. The molecule has 2 aromatic carbocycles. The maximum absolute atomic E-state index is 11.6. The van der Waals surface area contributed by atoms with Crippen LogP contribution in [0.25, 0.3) is 0 Å². The Bertz CT molecular complexity index is 1030. The quantitative estimate of drug-likeness (QED) is 0.553. The average molecular weight is 518 g/mol. The van der Waals surface area contributed by atoms with Crippen molar-refractivity contribution in [3.8, 4) is 11.5 Å². The van der Waals surface area contributed by atoms with Crippen molar-refractivity contribution in [1.29, 1.82) is 0 Å². The Morgan fingerprint density at radius 2 is 1.64 bits per heavy atom. The SMILES string of the molecule is CC(C)(C)[C@@H]1C[C@H](Oc2ccc(COc3ccc(CC4COS(=O)OC4)cc3)cc2)CCN1C(=O)O. The van der Waals surface area contributed by atoms with Crippen LogP contribution in [0.2, 0.25) is 0 Å². The first-order chi connectivity index (χ1) is 17.2. The number of hydrogen-bond donors (Lipinski definition) is 1. The molecule has 2 atom stereocenters. The van der Waals surface area contributed by atoms with Gasteiger partial charge >= 0.3 is 17.5 Å². The minimum atomic E-state index is -1.60. The summed E-state index contributed by atoms with van der Waals surface area (Å²) < 4.78 is 33.3. The molecule has 1 N–H and O–H groups in total. The lowest BCUT2D eigenvalue weighted by Crippen LogP contribution is -2.53. The van der Waals surface area contributed by atoms with E-state index in [0.29, 0.717) is 39.2 Å². The molecule has 0 saturated carbocycles. The number of amides is 1. The molecule has 0 radical (unpaired) electrons. The molecule has 8 nitrogen and oxygen atoms in total. The van der Waals surface area contributed by atoms with Crippen LogP contribution in [-0.4, -0.2) is 52.2 Å². The molecule has 9 heteroatoms. The zero-order chi connectivity index (χ0) is 25.7. The number of carboxylic acid groups (broad SMARTS) is 1. The van der Waals surface area contributed by atoms with Gasteiger partial charge in [-0.1, -0.05) is 45.0 Å². The highest BCUT2D eigenvalue weighted by Gasteiger charge is 2.39. The van der Waals surface area contributed by atoms with Gasteiger partial charge < -0.3 is 19.5 Å². The molecule has 36 heavy (non-hydrogen) atoms. The van der Waals surface area contributed by atoms with Gasteiger partial charge in [0.25, 0.3) is 0 Å². The molecule has 0 spiro atoms. The standard InChI is InChI=1S/C27H35NO7S/c1-27(2,3)25-15-24(12-13-28(25)26(29)30)35-23-10-6-20(7-11-23)16-32-22-8-4-19(5-9-22)14-21-17-33-36(31)34-18-21/h4-11,21,24-25H,12-18H2,1-3H3,(H,29,30)/t21?,24-,25+,36?/m1/s1. The lowest BCUT2D eigenvalue weighted by molar-refractivity contribution is 0.0130. The number of ether oxygens (including phenoxy) is 2. The van der Waals surface area contributed by atoms with Crippen molar-refractivity contribution in [2.24, 2.45) is 11.3 Å². The number of carbonyl (C=O) groups is 1. The van der Waals surface area contributed by atoms with Gasteiger partial charge in [0.15, 0.2) is 0 Å². The van der Waals surface area contributed by atoms with Crippen LogP contribution in [0.15, 0.2) is 48.5 Å². The van der Waals surface area contributed by atoms with E-state index in [1.54, 1.807) is 4.90 Å². The third-order valence-corrected chi connectivity index (χ3v) is 7.34. The van der Waals surface area contributed by atoms with E-state index in [9.17, 15) is 14.1 Å². The Morgan fingerprint density at radius 3 is 2.25 bits per heavy atom. The molecule has 0 aliphatic carbocycles. The van der Waals surface area contributed by atoms with Crippen molar-refractivity contribution in [3.05, 3.63) is 59.7 Å². The largest absolute Gasteiger partial charge is 0.490 e. The first-order valence-corrected chi connectivity index (χ1v) is 13.3. The number of piperidine rings is 1. The van der Waals surface area contributed by atoms with Crippen LogP contribution in [0.4, 0.5) is 4.79 Å². The normalized spacial score (nSPS) is 24.8. The van der Waals surface area contributed by atoms with E-state index in [-0.39, 0.29) is 23.5 Å². The van der Waals surface area contributed by atoms with E-state index >= 15 is 0 Å². The van der Waals surface area contributed by atoms with Crippen molar-refractivity contribution >= 4 is 17.5 Å². The molecule has 196 valence electrons. The molecule has 4 rings (SSSR count). The van der Waals surface area contributed by atoms with Gasteiger partial charge in [-0.3, -0.25) is 8.37 Å². The molecule has 2 aliphatic rings. The summed E-state index contributed by atoms with van der Waals surface area (Å²) in [6.07, 6.45) is 1.28. The Hall–Kier alpha value is -2.62. The van der Waals surface area contributed by atoms with Gasteiger partial charge in [0.2, 0.25) is 0 Å². The van der Waals surface area contributed by atoms with Crippen molar-refractivity contribution in [3.63, 3.8) is 0 Å². The van der Waals surface area contributed by atoms with Crippen molar-refractivity contribution < 1.29 is 31.9 Å². The highest BCUT2D eigenvalue weighted by molar-refractivity contribution is 7.75. The average Bonchev–Trinajstić information content (AvgIpc) is 2.85. The second kappa shape index (κ2) is 11.6. The lowest BCUT2D eigenvalue weighted by atomic mass is 9.80. The maximum atomic E-state index is 11.6. The second-order valence-electron chi connectivity index (χ2n) is 10.5. The first kappa shape index (κ1) is 26.4. The molecule has 0 aromatic heterocycles. The third kappa shape index (κ3) is 7.21. The number of hydrogen-bond acceptors (Lipinski definition) is 6. The van der Waals surface area contributed by atoms with Gasteiger partial charge in [-0.15, -0.1) is 0 Å². The molecule has 2 aliphatic heterocycles. The molecule has 2 saturated heterocycles. The van der Waals surface area contributed by atoms with Crippen molar-refractivity contribution in [1.82, 2.24) is 4.90 Å². The van der Waals surface area contributed by atoms with E-state index in [1.165, 1.54) is 0 Å². The van der Waals surface area contributed by atoms with E-state index in [1.807, 2.05) is 48.5 Å². The van der Waals surface area contributed by atoms with Crippen LogP contribution < -0.4 is 9.47 Å². The van der Waals surface area contributed by atoms with Crippen LogP contribution in [0.1, 0.15) is 44.7 Å². The minimum absolute atomic E-state index is 0.0145. The van der Waals surface area contributed by atoms with Gasteiger partial charge in [0.1, 0.15) is 24.2 Å². The summed E-state index contributed by atoms with van der Waals surface area (Å²) in [6, 6.07) is 15.7. The first-order valence-electron chi connectivity index (χ1n) is 12.3. The zero-order valence-corrected chi connectivity index (χ0v) is 21.9. The van der Waals surface area contributed by atoms with Gasteiger partial charge in [-0.25, -0.2) is 4.79 Å². The van der Waals surface area contributed by atoms with Crippen LogP contribution in [-0.2, 0) is 32.8 Å². The van der Waals surface area contributed by atoms with E-state index in [4.69, 9.17) is 17.8 Å². The molecular formula is C27H35NO7S. The van der Waals surface area contributed by atoms with Gasteiger partial charge in [-0.05, 0) is 47.2 Å². The number of rotatable bonds is 7. The lowest BCUT2D eigenvalue weighted by Gasteiger charge is -2.44. The summed E-state index contributed by atoms with van der Waals surface area (Å²) in [5.74, 6) is 1.76. The Labute approximate surface area is 215 Å². The Balaban J connectivity index is 1.25. The molecular weight excluding hydrogens is 482 g/mol. The van der Waals surface area contributed by atoms with Crippen LogP contribution in [0.5, 0.6) is 11.5 Å². The number of nitrogens with zero attached hydrogens (tertiary/aromatic N) is 1. The smallest absolute Gasteiger partial charge is 0.407 e. The summed E-state index contributed by atoms with van der Waals surface area (Å²) in [7, 11) is 0. The van der Waals surface area contributed by atoms with Gasteiger partial charge in [-0.2, -0.15) is 4.21 Å². The summed E-state index contributed by atoms with van der Waals surface area (Å²) in [5, 5.41) is 9.55. The Kier molecular flexibility index (Phi) is 8.54. The minimum Gasteiger partial charge on any atom is -0.490 e. The van der Waals surface area contributed by atoms with Crippen LogP contribution in [0.3, 0.4) is 0 Å². The highest BCUT2D eigenvalue weighted by Crippen LogP contribution is 2.33. The summed E-state index contributed by atoms with van der Waals surface area (Å²) in [5.41, 5.74) is 2.03. The Morgan fingerprint density at radius 1 is 1.03 bits per heavy atom. The topological polar surface area (TPSA) is 94.5 Å². The molecule has 2 heterocycles. The fourth-order valence-corrected chi connectivity index (χ4v) is 5.35. The fraction of sp³-hybridized carbons (Fsp3) is 0.519. The zero-order valence-electron chi connectivity index (χ0n) is 21.1. The maximum Gasteiger partial charge on any atom is 0.407 e. The van der Waals surface area contributed by atoms with Crippen LogP contribution >= 0.6 is 0 Å². The van der Waals surface area contributed by atoms with Crippen molar-refractivity contribution in [2.75, 3.05) is 19.8 Å². The van der Waals surface area contributed by atoms with Crippen LogP contribution in [0, 0.1) is 11.3 Å². The number of benzene rings is 2.